The molecule has 0 spiro atoms. The van der Waals surface area contributed by atoms with Crippen molar-refractivity contribution in [3.05, 3.63) is 35.9 Å². The van der Waals surface area contributed by atoms with Crippen LogP contribution in [-0.2, 0) is 20.7 Å². The minimum Gasteiger partial charge on any atom is -0.447 e. The van der Waals surface area contributed by atoms with Crippen LogP contribution in [0.4, 0.5) is 4.79 Å². The summed E-state index contributed by atoms with van der Waals surface area (Å²) in [6.07, 6.45) is -1.09. The molecule has 1 aliphatic rings. The second kappa shape index (κ2) is 7.57. The molecule has 1 saturated heterocycles. The summed E-state index contributed by atoms with van der Waals surface area (Å²) >= 11 is 0. The molecule has 1 fully saturated rings. The van der Waals surface area contributed by atoms with Gasteiger partial charge >= 0.3 is 6.09 Å². The van der Waals surface area contributed by atoms with Crippen LogP contribution >= 0.6 is 0 Å². The van der Waals surface area contributed by atoms with Crippen LogP contribution in [0.15, 0.2) is 30.3 Å². The second-order valence-electron chi connectivity index (χ2n) is 6.28. The van der Waals surface area contributed by atoms with E-state index in [4.69, 9.17) is 4.74 Å². The lowest BCUT2D eigenvalue weighted by Gasteiger charge is -2.24. The van der Waals surface area contributed by atoms with Crippen molar-refractivity contribution >= 4 is 17.8 Å². The molecule has 0 bridgehead atoms. The number of ketones is 1. The Labute approximate surface area is 141 Å². The molecule has 1 N–H and O–H groups in total. The number of amides is 2. The lowest BCUT2D eigenvalue weighted by molar-refractivity contribution is -0.141. The maximum Gasteiger partial charge on any atom is 0.417 e. The van der Waals surface area contributed by atoms with Gasteiger partial charge < -0.3 is 9.84 Å². The zero-order valence-corrected chi connectivity index (χ0v) is 14.1. The van der Waals surface area contributed by atoms with Crippen LogP contribution in [0.3, 0.4) is 0 Å². The normalized spacial score (nSPS) is 21.1. The Balaban J connectivity index is 2.13. The Morgan fingerprint density at radius 2 is 1.88 bits per heavy atom. The SMILES string of the molecule is C[C@H](C(=O)[C@@H](C)[C@@H](C)O)C(=O)N1C(=O)OC[C@H]1Cc1ccccc1. The van der Waals surface area contributed by atoms with Crippen LogP contribution in [0.1, 0.15) is 26.3 Å². The molecule has 2 amide bonds. The monoisotopic (exact) mass is 333 g/mol. The van der Waals surface area contributed by atoms with Crippen LogP contribution in [0.25, 0.3) is 0 Å². The maximum absolute atomic E-state index is 12.6. The Bertz CT molecular complexity index is 613. The molecule has 1 aromatic carbocycles. The Morgan fingerprint density at radius 1 is 1.25 bits per heavy atom. The fraction of sp³-hybridized carbons (Fsp3) is 0.500. The summed E-state index contributed by atoms with van der Waals surface area (Å²) in [4.78, 5) is 38.0. The highest BCUT2D eigenvalue weighted by atomic mass is 16.6. The van der Waals surface area contributed by atoms with Crippen molar-refractivity contribution in [2.75, 3.05) is 6.61 Å². The van der Waals surface area contributed by atoms with Gasteiger partial charge in [0.15, 0.2) is 0 Å². The van der Waals surface area contributed by atoms with Crippen molar-refractivity contribution in [1.29, 1.82) is 0 Å². The molecule has 4 atom stereocenters. The Kier molecular flexibility index (Phi) is 5.72. The highest BCUT2D eigenvalue weighted by Crippen LogP contribution is 2.22. The zero-order valence-electron chi connectivity index (χ0n) is 14.1. The molecule has 1 aliphatic heterocycles. The van der Waals surface area contributed by atoms with E-state index in [0.717, 1.165) is 10.5 Å². The average Bonchev–Trinajstić information content (AvgIpc) is 2.93. The smallest absolute Gasteiger partial charge is 0.417 e. The average molecular weight is 333 g/mol. The third kappa shape index (κ3) is 3.82. The molecule has 0 unspecified atom stereocenters. The third-order valence-electron chi connectivity index (χ3n) is 4.48. The predicted molar refractivity (Wildman–Crippen MR) is 87.1 cm³/mol. The summed E-state index contributed by atoms with van der Waals surface area (Å²) in [5.74, 6) is -2.63. The molecule has 1 aromatic rings. The lowest BCUT2D eigenvalue weighted by atomic mass is 9.90. The minimum absolute atomic E-state index is 0.117. The number of benzene rings is 1. The topological polar surface area (TPSA) is 83.9 Å². The van der Waals surface area contributed by atoms with Gasteiger partial charge in [0.25, 0.3) is 0 Å². The van der Waals surface area contributed by atoms with Crippen LogP contribution < -0.4 is 0 Å². The molecular formula is C18H23NO5. The van der Waals surface area contributed by atoms with Gasteiger partial charge in [-0.1, -0.05) is 37.3 Å². The van der Waals surface area contributed by atoms with Crippen LogP contribution in [0.5, 0.6) is 0 Å². The molecule has 2 rings (SSSR count). The van der Waals surface area contributed by atoms with E-state index in [2.05, 4.69) is 0 Å². The van der Waals surface area contributed by atoms with Crippen molar-refractivity contribution in [3.8, 4) is 0 Å². The van der Waals surface area contributed by atoms with E-state index in [9.17, 15) is 19.5 Å². The highest BCUT2D eigenvalue weighted by Gasteiger charge is 2.42. The quantitative estimate of drug-likeness (QED) is 0.803. The summed E-state index contributed by atoms with van der Waals surface area (Å²) in [6.45, 7) is 4.66. The molecule has 130 valence electrons. The molecule has 0 radical (unpaired) electrons. The Morgan fingerprint density at radius 3 is 2.46 bits per heavy atom. The zero-order chi connectivity index (χ0) is 17.9. The number of aliphatic hydroxyl groups is 1. The fourth-order valence-electron chi connectivity index (χ4n) is 2.73. The van der Waals surface area contributed by atoms with E-state index in [-0.39, 0.29) is 12.4 Å². The number of carbonyl (C=O) groups excluding carboxylic acids is 3. The summed E-state index contributed by atoms with van der Waals surface area (Å²) in [5, 5.41) is 9.55. The van der Waals surface area contributed by atoms with Gasteiger partial charge in [0.1, 0.15) is 12.4 Å². The van der Waals surface area contributed by atoms with Gasteiger partial charge in [0.05, 0.1) is 18.1 Å². The molecule has 24 heavy (non-hydrogen) atoms. The number of carbonyl (C=O) groups is 3. The number of imide groups is 1. The molecule has 6 nitrogen and oxygen atoms in total. The fourth-order valence-corrected chi connectivity index (χ4v) is 2.73. The predicted octanol–water partition coefficient (Wildman–Crippen LogP) is 1.80. The number of ether oxygens (including phenoxy) is 1. The first-order valence-corrected chi connectivity index (χ1v) is 8.08. The Hall–Kier alpha value is -2.21. The number of nitrogens with zero attached hydrogens (tertiary/aromatic N) is 1. The van der Waals surface area contributed by atoms with Crippen molar-refractivity contribution in [2.45, 2.75) is 39.3 Å². The van der Waals surface area contributed by atoms with Crippen molar-refractivity contribution < 1.29 is 24.2 Å². The number of aliphatic hydroxyl groups excluding tert-OH is 1. The van der Waals surface area contributed by atoms with Crippen molar-refractivity contribution in [2.24, 2.45) is 11.8 Å². The van der Waals surface area contributed by atoms with Crippen LogP contribution in [0, 0.1) is 11.8 Å². The van der Waals surface area contributed by atoms with Crippen molar-refractivity contribution in [3.63, 3.8) is 0 Å². The number of cyclic esters (lactones) is 1. The molecule has 0 aliphatic carbocycles. The highest BCUT2D eigenvalue weighted by molar-refractivity contribution is 6.07. The first-order chi connectivity index (χ1) is 11.3. The van der Waals surface area contributed by atoms with Gasteiger partial charge in [-0.3, -0.25) is 9.59 Å². The van der Waals surface area contributed by atoms with Gasteiger partial charge in [-0.25, -0.2) is 9.69 Å². The van der Waals surface area contributed by atoms with E-state index < -0.39 is 36.0 Å². The van der Waals surface area contributed by atoms with Gasteiger partial charge in [-0.2, -0.15) is 0 Å². The number of hydrogen-bond acceptors (Lipinski definition) is 5. The van der Waals surface area contributed by atoms with Gasteiger partial charge in [-0.05, 0) is 25.8 Å². The van der Waals surface area contributed by atoms with Crippen LogP contribution in [0.2, 0.25) is 0 Å². The first-order valence-electron chi connectivity index (χ1n) is 8.08. The molecule has 6 heteroatoms. The molecular weight excluding hydrogens is 310 g/mol. The van der Waals surface area contributed by atoms with Crippen LogP contribution in [-0.4, -0.2) is 46.5 Å². The minimum atomic E-state index is -1.00. The van der Waals surface area contributed by atoms with Crippen molar-refractivity contribution in [1.82, 2.24) is 4.90 Å². The summed E-state index contributed by atoms with van der Waals surface area (Å²) in [6, 6.07) is 9.06. The number of Topliss-reactive ketones (excluding diaryl/α,β-unsaturated/α-hetero) is 1. The lowest BCUT2D eigenvalue weighted by Crippen LogP contribution is -2.46. The van der Waals surface area contributed by atoms with E-state index in [1.54, 1.807) is 6.92 Å². The molecule has 0 aromatic heterocycles. The van der Waals surface area contributed by atoms with Gasteiger partial charge in [0, 0.05) is 5.92 Å². The summed E-state index contributed by atoms with van der Waals surface area (Å²) in [5.41, 5.74) is 0.981. The maximum atomic E-state index is 12.6. The standard InChI is InChI=1S/C18H23NO5/c1-11(13(3)20)16(21)12(2)17(22)19-15(10-24-18(19)23)9-14-7-5-4-6-8-14/h4-8,11-13,15,20H,9-10H2,1-3H3/t11-,12+,13+,15+/m0/s1. The van der Waals surface area contributed by atoms with E-state index in [1.165, 1.54) is 13.8 Å². The number of rotatable bonds is 6. The third-order valence-corrected chi connectivity index (χ3v) is 4.48. The van der Waals surface area contributed by atoms with Gasteiger partial charge in [0.2, 0.25) is 5.91 Å². The van der Waals surface area contributed by atoms with E-state index in [0.29, 0.717) is 6.42 Å². The summed E-state index contributed by atoms with van der Waals surface area (Å²) < 4.78 is 5.01. The number of hydrogen-bond donors (Lipinski definition) is 1. The first kappa shape index (κ1) is 18.1. The largest absolute Gasteiger partial charge is 0.447 e. The van der Waals surface area contributed by atoms with E-state index in [1.807, 2.05) is 30.3 Å². The molecule has 1 heterocycles. The van der Waals surface area contributed by atoms with Gasteiger partial charge in [-0.15, -0.1) is 0 Å². The second-order valence-corrected chi connectivity index (χ2v) is 6.28. The van der Waals surface area contributed by atoms with E-state index >= 15 is 0 Å². The summed E-state index contributed by atoms with van der Waals surface area (Å²) in [7, 11) is 0. The molecule has 0 saturated carbocycles.